The first-order valence-electron chi connectivity index (χ1n) is 10.2. The van der Waals surface area contributed by atoms with Gasteiger partial charge in [-0.05, 0) is 37.9 Å². The van der Waals surface area contributed by atoms with Gasteiger partial charge < -0.3 is 9.80 Å². The summed E-state index contributed by atoms with van der Waals surface area (Å²) in [6, 6.07) is 5.68. The van der Waals surface area contributed by atoms with Gasteiger partial charge >= 0.3 is 6.18 Å². The van der Waals surface area contributed by atoms with Crippen molar-refractivity contribution < 1.29 is 22.8 Å². The van der Waals surface area contributed by atoms with Crippen LogP contribution in [0.3, 0.4) is 0 Å². The fraction of sp³-hybridized carbons (Fsp3) is 0.619. The van der Waals surface area contributed by atoms with Crippen molar-refractivity contribution >= 4 is 11.8 Å². The second kappa shape index (κ2) is 9.15. The summed E-state index contributed by atoms with van der Waals surface area (Å²) in [7, 11) is 1.92. The van der Waals surface area contributed by atoms with Crippen molar-refractivity contribution in [3.05, 3.63) is 35.4 Å². The van der Waals surface area contributed by atoms with Gasteiger partial charge in [-0.2, -0.15) is 13.2 Å². The predicted molar refractivity (Wildman–Crippen MR) is 103 cm³/mol. The van der Waals surface area contributed by atoms with Gasteiger partial charge in [0.25, 0.3) is 0 Å². The van der Waals surface area contributed by atoms with E-state index in [9.17, 15) is 22.8 Å². The minimum atomic E-state index is -4.33. The summed E-state index contributed by atoms with van der Waals surface area (Å²) in [6.45, 7) is 2.97. The molecule has 0 aromatic heterocycles. The summed E-state index contributed by atoms with van der Waals surface area (Å²) >= 11 is 0. The fourth-order valence-corrected chi connectivity index (χ4v) is 4.15. The first-order valence-corrected chi connectivity index (χ1v) is 10.2. The Bertz CT molecular complexity index is 730. The minimum Gasteiger partial charge on any atom is -0.343 e. The first kappa shape index (κ1) is 21.6. The summed E-state index contributed by atoms with van der Waals surface area (Å²) < 4.78 is 38.7. The molecule has 29 heavy (non-hydrogen) atoms. The molecule has 0 aliphatic carbocycles. The standard InChI is InChI=1S/C21H28F3N3O2/c1-25(15-16-4-2-5-17(14-16)21(22,23)24)18-7-11-27(12-8-18)20(29)9-13-26-10-3-6-19(26)28/h2,4-5,14,18H,3,6-13,15H2,1H3. The zero-order chi connectivity index (χ0) is 21.0. The molecule has 0 saturated carbocycles. The van der Waals surface area contributed by atoms with Crippen LogP contribution in [0.25, 0.3) is 0 Å². The highest BCUT2D eigenvalue weighted by molar-refractivity contribution is 5.80. The molecule has 2 aliphatic heterocycles. The number of amides is 2. The second-order valence-corrected chi connectivity index (χ2v) is 7.96. The van der Waals surface area contributed by atoms with Gasteiger partial charge in [-0.3, -0.25) is 14.5 Å². The number of hydrogen-bond acceptors (Lipinski definition) is 3. The summed E-state index contributed by atoms with van der Waals surface area (Å²) in [5.74, 6) is 0.205. The quantitative estimate of drug-likeness (QED) is 0.723. The van der Waals surface area contributed by atoms with Crippen molar-refractivity contribution in [2.75, 3.05) is 33.2 Å². The van der Waals surface area contributed by atoms with E-state index >= 15 is 0 Å². The number of nitrogens with zero attached hydrogens (tertiary/aromatic N) is 3. The maximum atomic E-state index is 12.9. The van der Waals surface area contributed by atoms with Crippen molar-refractivity contribution in [3.63, 3.8) is 0 Å². The Morgan fingerprint density at radius 3 is 2.55 bits per heavy atom. The van der Waals surface area contributed by atoms with Crippen LogP contribution >= 0.6 is 0 Å². The highest BCUT2D eigenvalue weighted by Crippen LogP contribution is 2.30. The lowest BCUT2D eigenvalue weighted by Gasteiger charge is -2.37. The van der Waals surface area contributed by atoms with Gasteiger partial charge in [-0.25, -0.2) is 0 Å². The molecule has 0 bridgehead atoms. The Hall–Kier alpha value is -2.09. The maximum absolute atomic E-state index is 12.9. The van der Waals surface area contributed by atoms with Gasteiger partial charge in [0.15, 0.2) is 0 Å². The van der Waals surface area contributed by atoms with Crippen LogP contribution in [0.2, 0.25) is 0 Å². The molecule has 2 heterocycles. The lowest BCUT2D eigenvalue weighted by atomic mass is 10.0. The Balaban J connectivity index is 1.45. The van der Waals surface area contributed by atoms with Crippen LogP contribution in [0.15, 0.2) is 24.3 Å². The monoisotopic (exact) mass is 411 g/mol. The summed E-state index contributed by atoms with van der Waals surface area (Å²) in [4.78, 5) is 29.7. The first-order chi connectivity index (χ1) is 13.7. The highest BCUT2D eigenvalue weighted by atomic mass is 19.4. The van der Waals surface area contributed by atoms with Crippen LogP contribution in [0.1, 0.15) is 43.2 Å². The lowest BCUT2D eigenvalue weighted by molar-refractivity contribution is -0.137. The van der Waals surface area contributed by atoms with Gasteiger partial charge in [0.1, 0.15) is 0 Å². The number of benzene rings is 1. The molecule has 5 nitrogen and oxygen atoms in total. The average molecular weight is 411 g/mol. The van der Waals surface area contributed by atoms with E-state index in [0.29, 0.717) is 44.6 Å². The molecule has 2 fully saturated rings. The third kappa shape index (κ3) is 5.72. The van der Waals surface area contributed by atoms with Crippen molar-refractivity contribution in [1.82, 2.24) is 14.7 Å². The third-order valence-corrected chi connectivity index (χ3v) is 5.89. The summed E-state index contributed by atoms with van der Waals surface area (Å²) in [6.07, 6.45) is -0.932. The van der Waals surface area contributed by atoms with Gasteiger partial charge in [0.2, 0.25) is 11.8 Å². The summed E-state index contributed by atoms with van der Waals surface area (Å²) in [5.41, 5.74) is 0.0106. The van der Waals surface area contributed by atoms with Crippen LogP contribution in [0, 0.1) is 0 Å². The smallest absolute Gasteiger partial charge is 0.343 e. The molecule has 0 atom stereocenters. The number of hydrogen-bond donors (Lipinski definition) is 0. The lowest BCUT2D eigenvalue weighted by Crippen LogP contribution is -2.46. The SMILES string of the molecule is CN(Cc1cccc(C(F)(F)F)c1)C1CCN(C(=O)CCN2CCCC2=O)CC1. The van der Waals surface area contributed by atoms with Crippen molar-refractivity contribution in [3.8, 4) is 0 Å². The van der Waals surface area contributed by atoms with E-state index < -0.39 is 11.7 Å². The van der Waals surface area contributed by atoms with Crippen LogP contribution < -0.4 is 0 Å². The molecule has 0 spiro atoms. The van der Waals surface area contributed by atoms with Gasteiger partial charge in [-0.15, -0.1) is 0 Å². The number of rotatable bonds is 6. The van der Waals surface area contributed by atoms with E-state index in [1.807, 2.05) is 11.9 Å². The van der Waals surface area contributed by atoms with Crippen molar-refractivity contribution in [2.24, 2.45) is 0 Å². The molecule has 0 radical (unpaired) electrons. The van der Waals surface area contributed by atoms with Gasteiger partial charge in [0, 0.05) is 51.6 Å². The second-order valence-electron chi connectivity index (χ2n) is 7.96. The van der Waals surface area contributed by atoms with Crippen LogP contribution in [-0.4, -0.2) is 65.8 Å². The van der Waals surface area contributed by atoms with Gasteiger partial charge in [0.05, 0.1) is 5.56 Å². The number of carbonyl (C=O) groups excluding carboxylic acids is 2. The largest absolute Gasteiger partial charge is 0.416 e. The van der Waals surface area contributed by atoms with E-state index in [4.69, 9.17) is 0 Å². The highest BCUT2D eigenvalue weighted by Gasteiger charge is 2.31. The zero-order valence-corrected chi connectivity index (χ0v) is 16.7. The van der Waals surface area contributed by atoms with Crippen molar-refractivity contribution in [2.45, 2.75) is 50.9 Å². The normalized spacial score (nSPS) is 18.7. The van der Waals surface area contributed by atoms with E-state index in [1.165, 1.54) is 12.1 Å². The number of halogens is 3. The predicted octanol–water partition coefficient (Wildman–Crippen LogP) is 3.14. The minimum absolute atomic E-state index is 0.0729. The Kier molecular flexibility index (Phi) is 6.82. The molecule has 1 aromatic rings. The third-order valence-electron chi connectivity index (χ3n) is 5.89. The Labute approximate surface area is 169 Å². The molecule has 2 amide bonds. The number of likely N-dealkylation sites (tertiary alicyclic amines) is 2. The van der Waals surface area contributed by atoms with E-state index in [-0.39, 0.29) is 17.9 Å². The Morgan fingerprint density at radius 1 is 1.21 bits per heavy atom. The molecule has 0 unspecified atom stereocenters. The topological polar surface area (TPSA) is 43.9 Å². The van der Waals surface area contributed by atoms with Crippen LogP contribution in [0.4, 0.5) is 13.2 Å². The number of piperidine rings is 1. The fourth-order valence-electron chi connectivity index (χ4n) is 4.15. The molecule has 2 aliphatic rings. The van der Waals surface area contributed by atoms with E-state index in [1.54, 1.807) is 11.0 Å². The number of carbonyl (C=O) groups is 2. The molecule has 0 N–H and O–H groups in total. The molecule has 160 valence electrons. The van der Waals surface area contributed by atoms with Crippen LogP contribution in [-0.2, 0) is 22.3 Å². The Morgan fingerprint density at radius 2 is 1.93 bits per heavy atom. The van der Waals surface area contributed by atoms with Crippen LogP contribution in [0.5, 0.6) is 0 Å². The summed E-state index contributed by atoms with van der Waals surface area (Å²) in [5, 5.41) is 0. The molecular weight excluding hydrogens is 383 g/mol. The molecule has 1 aromatic carbocycles. The van der Waals surface area contributed by atoms with E-state index in [0.717, 1.165) is 31.9 Å². The van der Waals surface area contributed by atoms with Crippen molar-refractivity contribution in [1.29, 1.82) is 0 Å². The maximum Gasteiger partial charge on any atom is 0.416 e. The van der Waals surface area contributed by atoms with E-state index in [2.05, 4.69) is 4.90 Å². The average Bonchev–Trinajstić information content (AvgIpc) is 3.10. The molecule has 2 saturated heterocycles. The molecular formula is C21H28F3N3O2. The number of alkyl halides is 3. The molecule has 8 heteroatoms. The zero-order valence-electron chi connectivity index (χ0n) is 16.7. The molecule has 3 rings (SSSR count). The van der Waals surface area contributed by atoms with Gasteiger partial charge in [-0.1, -0.05) is 18.2 Å².